The monoisotopic (exact) mass is 624 g/mol. The van der Waals surface area contributed by atoms with Gasteiger partial charge in [0, 0.05) is 40.2 Å². The van der Waals surface area contributed by atoms with Gasteiger partial charge in [0.25, 0.3) is 0 Å². The number of pyridine rings is 2. The smallest absolute Gasteiger partial charge is 0.160 e. The third-order valence-electron chi connectivity index (χ3n) is 10.00. The maximum absolute atomic E-state index is 5.16. The lowest BCUT2D eigenvalue weighted by Crippen LogP contribution is -2.26. The molecule has 2 aliphatic rings. The Morgan fingerprint density at radius 2 is 0.939 bits per heavy atom. The Morgan fingerprint density at radius 1 is 0.367 bits per heavy atom. The van der Waals surface area contributed by atoms with E-state index in [1.54, 1.807) is 0 Å². The van der Waals surface area contributed by atoms with Crippen molar-refractivity contribution >= 4 is 0 Å². The summed E-state index contributed by atoms with van der Waals surface area (Å²) in [4.78, 5) is 20.2. The van der Waals surface area contributed by atoms with Gasteiger partial charge in [-0.05, 0) is 57.6 Å². The van der Waals surface area contributed by atoms with Gasteiger partial charge in [-0.3, -0.25) is 9.97 Å². The summed E-state index contributed by atoms with van der Waals surface area (Å²) in [5.41, 5.74) is 15.8. The summed E-state index contributed by atoms with van der Waals surface area (Å²) < 4.78 is 0. The number of rotatable bonds is 4. The molecule has 3 aromatic heterocycles. The van der Waals surface area contributed by atoms with Crippen molar-refractivity contribution in [3.63, 3.8) is 0 Å². The van der Waals surface area contributed by atoms with Crippen LogP contribution in [0, 0.1) is 0 Å². The van der Waals surface area contributed by atoms with Crippen LogP contribution in [0.2, 0.25) is 0 Å². The molecule has 4 nitrogen and oxygen atoms in total. The van der Waals surface area contributed by atoms with Crippen LogP contribution >= 0.6 is 0 Å². The van der Waals surface area contributed by atoms with E-state index in [9.17, 15) is 0 Å². The fourth-order valence-corrected chi connectivity index (χ4v) is 7.88. The molecule has 1 spiro atoms. The minimum Gasteiger partial charge on any atom is -0.254 e. The Balaban J connectivity index is 1.15. The van der Waals surface area contributed by atoms with E-state index in [1.807, 2.05) is 48.8 Å². The van der Waals surface area contributed by atoms with Crippen LogP contribution < -0.4 is 0 Å². The Morgan fingerprint density at radius 3 is 1.67 bits per heavy atom. The summed E-state index contributed by atoms with van der Waals surface area (Å²) in [5.74, 6) is 0.701. The summed E-state index contributed by atoms with van der Waals surface area (Å²) in [6, 6.07) is 55.4. The molecule has 49 heavy (non-hydrogen) atoms. The molecular weight excluding hydrogens is 597 g/mol. The maximum Gasteiger partial charge on any atom is 0.160 e. The molecule has 10 rings (SSSR count). The van der Waals surface area contributed by atoms with E-state index in [-0.39, 0.29) is 0 Å². The van der Waals surface area contributed by atoms with Gasteiger partial charge in [0.2, 0.25) is 0 Å². The number of aromatic nitrogens is 4. The average Bonchev–Trinajstić information content (AvgIpc) is 3.66. The number of fused-ring (bicyclic) bond motifs is 10. The van der Waals surface area contributed by atoms with E-state index in [1.165, 1.54) is 33.4 Å². The minimum absolute atomic E-state index is 0.492. The van der Waals surface area contributed by atoms with Crippen molar-refractivity contribution in [3.05, 3.63) is 192 Å². The van der Waals surface area contributed by atoms with Gasteiger partial charge in [0.05, 0.1) is 28.2 Å². The summed E-state index contributed by atoms with van der Waals surface area (Å²) in [5, 5.41) is 0. The molecule has 0 radical (unpaired) electrons. The first kappa shape index (κ1) is 27.6. The van der Waals surface area contributed by atoms with Gasteiger partial charge < -0.3 is 0 Å². The Kier molecular flexibility index (Phi) is 6.06. The van der Waals surface area contributed by atoms with Crippen LogP contribution in [0.1, 0.15) is 22.3 Å². The van der Waals surface area contributed by atoms with Crippen LogP contribution in [-0.2, 0) is 5.41 Å². The Labute approximate surface area is 284 Å². The predicted molar refractivity (Wildman–Crippen MR) is 196 cm³/mol. The molecule has 0 saturated heterocycles. The Bertz CT molecular complexity index is 2440. The molecule has 3 heterocycles. The molecule has 0 fully saturated rings. The second-order valence-electron chi connectivity index (χ2n) is 12.6. The molecule has 0 aliphatic heterocycles. The summed E-state index contributed by atoms with van der Waals surface area (Å²) in [7, 11) is 0. The summed E-state index contributed by atoms with van der Waals surface area (Å²) in [6.07, 6.45) is 3.87. The van der Waals surface area contributed by atoms with E-state index < -0.39 is 5.41 Å². The van der Waals surface area contributed by atoms with Gasteiger partial charge in [0.15, 0.2) is 5.82 Å². The number of hydrogen-bond acceptors (Lipinski definition) is 4. The van der Waals surface area contributed by atoms with Crippen molar-refractivity contribution < 1.29 is 0 Å². The highest BCUT2D eigenvalue weighted by atomic mass is 14.9. The molecule has 0 N–H and O–H groups in total. The van der Waals surface area contributed by atoms with Gasteiger partial charge in [0.1, 0.15) is 0 Å². The first-order chi connectivity index (χ1) is 24.3. The van der Waals surface area contributed by atoms with Crippen molar-refractivity contribution in [2.45, 2.75) is 5.41 Å². The van der Waals surface area contributed by atoms with Crippen LogP contribution in [-0.4, -0.2) is 19.9 Å². The third-order valence-corrected chi connectivity index (χ3v) is 10.00. The topological polar surface area (TPSA) is 51.6 Å². The van der Waals surface area contributed by atoms with E-state index in [0.29, 0.717) is 5.82 Å². The quantitative estimate of drug-likeness (QED) is 0.196. The molecule has 0 saturated carbocycles. The van der Waals surface area contributed by atoms with Crippen molar-refractivity contribution in [3.8, 4) is 67.5 Å². The van der Waals surface area contributed by atoms with Crippen LogP contribution in [0.4, 0.5) is 0 Å². The number of nitrogens with zero attached hydrogens (tertiary/aromatic N) is 4. The van der Waals surface area contributed by atoms with Gasteiger partial charge in [-0.1, -0.05) is 133 Å². The van der Waals surface area contributed by atoms with Gasteiger partial charge in [-0.25, -0.2) is 9.97 Å². The van der Waals surface area contributed by atoms with Crippen LogP contribution in [0.3, 0.4) is 0 Å². The van der Waals surface area contributed by atoms with Crippen LogP contribution in [0.25, 0.3) is 67.5 Å². The molecule has 5 aromatic carbocycles. The molecule has 2 aliphatic carbocycles. The predicted octanol–water partition coefficient (Wildman–Crippen LogP) is 10.3. The van der Waals surface area contributed by atoms with Crippen molar-refractivity contribution in [1.29, 1.82) is 0 Å². The largest absolute Gasteiger partial charge is 0.254 e. The van der Waals surface area contributed by atoms with Crippen LogP contribution in [0.5, 0.6) is 0 Å². The molecule has 4 heteroatoms. The number of hydrogen-bond donors (Lipinski definition) is 0. The van der Waals surface area contributed by atoms with E-state index in [2.05, 4.69) is 121 Å². The standard InChI is InChI=1S/C45H28N4/c1-3-13-29(14-4-1)40-27-41(49-44(48-40)30-15-5-2-6-16-30)32-18-11-17-31(25-32)33-26-39-43(47-28-33)42-38(23-12-24-46-42)45(39)36-21-9-7-19-34(36)35-20-8-10-22-37(35)45/h1-28H. The van der Waals surface area contributed by atoms with E-state index in [0.717, 1.165) is 50.6 Å². The summed E-state index contributed by atoms with van der Waals surface area (Å²) >= 11 is 0. The molecule has 0 bridgehead atoms. The zero-order valence-electron chi connectivity index (χ0n) is 26.5. The van der Waals surface area contributed by atoms with Crippen LogP contribution in [0.15, 0.2) is 170 Å². The van der Waals surface area contributed by atoms with Gasteiger partial charge in [-0.15, -0.1) is 0 Å². The zero-order chi connectivity index (χ0) is 32.4. The lowest BCUT2D eigenvalue weighted by molar-refractivity contribution is 0.790. The second-order valence-corrected chi connectivity index (χ2v) is 12.6. The van der Waals surface area contributed by atoms with Crippen molar-refractivity contribution in [2.24, 2.45) is 0 Å². The lowest BCUT2D eigenvalue weighted by atomic mass is 9.71. The zero-order valence-corrected chi connectivity index (χ0v) is 26.5. The normalized spacial score (nSPS) is 13.1. The highest BCUT2D eigenvalue weighted by molar-refractivity contribution is 5.93. The van der Waals surface area contributed by atoms with Gasteiger partial charge >= 0.3 is 0 Å². The average molecular weight is 625 g/mol. The van der Waals surface area contributed by atoms with Crippen molar-refractivity contribution in [2.75, 3.05) is 0 Å². The Hall–Kier alpha value is -6.52. The lowest BCUT2D eigenvalue weighted by Gasteiger charge is -2.30. The highest BCUT2D eigenvalue weighted by Crippen LogP contribution is 2.62. The van der Waals surface area contributed by atoms with Crippen molar-refractivity contribution in [1.82, 2.24) is 19.9 Å². The second kappa shape index (κ2) is 10.8. The molecule has 0 unspecified atom stereocenters. The fraction of sp³-hybridized carbons (Fsp3) is 0.0222. The van der Waals surface area contributed by atoms with Gasteiger partial charge in [-0.2, -0.15) is 0 Å². The minimum atomic E-state index is -0.492. The van der Waals surface area contributed by atoms with E-state index in [4.69, 9.17) is 19.9 Å². The third kappa shape index (κ3) is 4.11. The first-order valence-corrected chi connectivity index (χ1v) is 16.6. The SMILES string of the molecule is c1ccc(-c2cc(-c3cccc(-c4cnc5c(c4)C4(c6ccccc6-c6ccccc64)c4cccnc4-5)c3)nc(-c3ccccc3)n2)cc1. The molecule has 8 aromatic rings. The molecule has 228 valence electrons. The van der Waals surface area contributed by atoms with E-state index >= 15 is 0 Å². The number of benzene rings is 5. The fourth-order valence-electron chi connectivity index (χ4n) is 7.88. The highest BCUT2D eigenvalue weighted by Gasteiger charge is 2.52. The molecule has 0 amide bonds. The summed E-state index contributed by atoms with van der Waals surface area (Å²) in [6.45, 7) is 0. The molecular formula is C45H28N4. The maximum atomic E-state index is 5.16. The first-order valence-electron chi connectivity index (χ1n) is 16.6. The molecule has 0 atom stereocenters.